The summed E-state index contributed by atoms with van der Waals surface area (Å²) in [5.41, 5.74) is 0.647. The van der Waals surface area contributed by atoms with Gasteiger partial charge in [0.05, 0.1) is 12.2 Å². The fourth-order valence-electron chi connectivity index (χ4n) is 2.50. The summed E-state index contributed by atoms with van der Waals surface area (Å²) in [6.45, 7) is 2.38. The van der Waals surface area contributed by atoms with Gasteiger partial charge in [0.25, 0.3) is 5.91 Å². The fourth-order valence-corrected chi connectivity index (χ4v) is 3.14. The van der Waals surface area contributed by atoms with Gasteiger partial charge in [-0.05, 0) is 30.0 Å². The number of benzene rings is 1. The van der Waals surface area contributed by atoms with Crippen molar-refractivity contribution < 1.29 is 14.3 Å². The molecular formula is C17H18N2O3S. The summed E-state index contributed by atoms with van der Waals surface area (Å²) in [4.78, 5) is 27.3. The molecule has 0 bridgehead atoms. The van der Waals surface area contributed by atoms with Gasteiger partial charge in [0.1, 0.15) is 12.3 Å². The Kier molecular flexibility index (Phi) is 4.62. The molecule has 0 radical (unpaired) electrons. The average Bonchev–Trinajstić information content (AvgIpc) is 3.09. The number of hydrogen-bond donors (Lipinski definition) is 1. The third-order valence-electron chi connectivity index (χ3n) is 3.68. The van der Waals surface area contributed by atoms with Crippen LogP contribution in [0.2, 0.25) is 0 Å². The topological polar surface area (TPSA) is 58.6 Å². The predicted molar refractivity (Wildman–Crippen MR) is 89.7 cm³/mol. The smallest absolute Gasteiger partial charge is 0.268 e. The number of nitrogens with zero attached hydrogens (tertiary/aromatic N) is 1. The normalized spacial score (nSPS) is 16.7. The van der Waals surface area contributed by atoms with Crippen LogP contribution < -0.4 is 15.0 Å². The number of anilines is 1. The Bertz CT molecular complexity index is 700. The van der Waals surface area contributed by atoms with Gasteiger partial charge in [-0.25, -0.2) is 0 Å². The molecular weight excluding hydrogens is 312 g/mol. The van der Waals surface area contributed by atoms with Crippen LogP contribution in [0.25, 0.3) is 0 Å². The molecule has 2 heterocycles. The van der Waals surface area contributed by atoms with Crippen LogP contribution in [0.15, 0.2) is 41.8 Å². The Hall–Kier alpha value is -2.34. The molecule has 23 heavy (non-hydrogen) atoms. The zero-order chi connectivity index (χ0) is 16.2. The lowest BCUT2D eigenvalue weighted by Crippen LogP contribution is -2.49. The minimum atomic E-state index is -0.532. The minimum absolute atomic E-state index is 0.00107. The van der Waals surface area contributed by atoms with Gasteiger partial charge in [-0.3, -0.25) is 14.5 Å². The number of rotatable bonds is 5. The molecule has 1 aromatic carbocycles. The van der Waals surface area contributed by atoms with E-state index >= 15 is 0 Å². The van der Waals surface area contributed by atoms with Gasteiger partial charge in [-0.2, -0.15) is 0 Å². The third kappa shape index (κ3) is 3.37. The summed E-state index contributed by atoms with van der Waals surface area (Å²) in [7, 11) is 0. The van der Waals surface area contributed by atoms with Gasteiger partial charge in [-0.1, -0.05) is 25.1 Å². The van der Waals surface area contributed by atoms with E-state index in [1.165, 1.54) is 4.90 Å². The van der Waals surface area contributed by atoms with E-state index in [-0.39, 0.29) is 18.4 Å². The van der Waals surface area contributed by atoms with Crippen LogP contribution in [0.4, 0.5) is 5.69 Å². The quantitative estimate of drug-likeness (QED) is 0.917. The minimum Gasteiger partial charge on any atom is -0.478 e. The van der Waals surface area contributed by atoms with E-state index in [0.29, 0.717) is 24.4 Å². The number of fused-ring (bicyclic) bond motifs is 1. The van der Waals surface area contributed by atoms with E-state index < -0.39 is 6.10 Å². The van der Waals surface area contributed by atoms with Crippen LogP contribution in [0.3, 0.4) is 0 Å². The SMILES string of the molecule is CC[C@H]1Oc2ccccc2N(CC(=O)NCc2cccs2)C1=O. The van der Waals surface area contributed by atoms with E-state index in [9.17, 15) is 9.59 Å². The van der Waals surface area contributed by atoms with E-state index in [2.05, 4.69) is 5.32 Å². The Morgan fingerprint density at radius 1 is 1.30 bits per heavy atom. The summed E-state index contributed by atoms with van der Waals surface area (Å²) in [6.07, 6.45) is 0.0375. The molecule has 2 aromatic rings. The largest absolute Gasteiger partial charge is 0.478 e. The second-order valence-electron chi connectivity index (χ2n) is 5.26. The van der Waals surface area contributed by atoms with Crippen LogP contribution in [0.1, 0.15) is 18.2 Å². The molecule has 1 aliphatic heterocycles. The summed E-state index contributed by atoms with van der Waals surface area (Å²) in [5.74, 6) is 0.292. The molecule has 0 saturated heterocycles. The standard InChI is InChI=1S/C17H18N2O3S/c1-2-14-17(21)19(13-7-3-4-8-15(13)22-14)11-16(20)18-10-12-6-5-9-23-12/h3-9,14H,2,10-11H2,1H3,(H,18,20)/t14-/m1/s1. The van der Waals surface area contributed by atoms with E-state index in [1.54, 1.807) is 17.4 Å². The number of hydrogen-bond acceptors (Lipinski definition) is 4. The lowest BCUT2D eigenvalue weighted by molar-refractivity contribution is -0.129. The van der Waals surface area contributed by atoms with Crippen LogP contribution >= 0.6 is 11.3 Å². The molecule has 0 fully saturated rings. The Balaban J connectivity index is 1.72. The molecule has 1 aromatic heterocycles. The maximum Gasteiger partial charge on any atom is 0.268 e. The van der Waals surface area contributed by atoms with Gasteiger partial charge < -0.3 is 10.1 Å². The van der Waals surface area contributed by atoms with Gasteiger partial charge in [0.2, 0.25) is 5.91 Å². The van der Waals surface area contributed by atoms with Crippen LogP contribution in [-0.2, 0) is 16.1 Å². The third-order valence-corrected chi connectivity index (χ3v) is 4.56. The van der Waals surface area contributed by atoms with Crippen molar-refractivity contribution in [3.63, 3.8) is 0 Å². The Morgan fingerprint density at radius 3 is 2.87 bits per heavy atom. The lowest BCUT2D eigenvalue weighted by atomic mass is 10.1. The van der Waals surface area contributed by atoms with Crippen molar-refractivity contribution in [2.75, 3.05) is 11.4 Å². The maximum absolute atomic E-state index is 12.5. The highest BCUT2D eigenvalue weighted by atomic mass is 32.1. The molecule has 1 N–H and O–H groups in total. The number of para-hydroxylation sites is 2. The van der Waals surface area contributed by atoms with Crippen molar-refractivity contribution in [1.82, 2.24) is 5.32 Å². The monoisotopic (exact) mass is 330 g/mol. The Labute approximate surface area is 138 Å². The molecule has 1 aliphatic rings. The molecule has 6 heteroatoms. The summed E-state index contributed by atoms with van der Waals surface area (Å²) in [5, 5.41) is 4.82. The van der Waals surface area contributed by atoms with Crippen LogP contribution in [0, 0.1) is 0 Å². The number of ether oxygens (including phenoxy) is 1. The van der Waals surface area contributed by atoms with Gasteiger partial charge >= 0.3 is 0 Å². The molecule has 1 atom stereocenters. The number of thiophene rings is 1. The van der Waals surface area contributed by atoms with E-state index in [1.807, 2.05) is 42.6 Å². The van der Waals surface area contributed by atoms with Crippen molar-refractivity contribution in [2.24, 2.45) is 0 Å². The lowest BCUT2D eigenvalue weighted by Gasteiger charge is -2.33. The zero-order valence-electron chi connectivity index (χ0n) is 12.8. The average molecular weight is 330 g/mol. The van der Waals surface area contributed by atoms with Gasteiger partial charge in [-0.15, -0.1) is 11.3 Å². The Morgan fingerprint density at radius 2 is 2.13 bits per heavy atom. The molecule has 0 aliphatic carbocycles. The molecule has 3 rings (SSSR count). The van der Waals surface area contributed by atoms with Crippen molar-refractivity contribution in [3.8, 4) is 5.75 Å². The first-order chi connectivity index (χ1) is 11.2. The highest BCUT2D eigenvalue weighted by Crippen LogP contribution is 2.34. The first-order valence-corrected chi connectivity index (χ1v) is 8.43. The highest BCUT2D eigenvalue weighted by molar-refractivity contribution is 7.09. The van der Waals surface area contributed by atoms with E-state index in [0.717, 1.165) is 4.88 Å². The first-order valence-electron chi connectivity index (χ1n) is 7.55. The zero-order valence-corrected chi connectivity index (χ0v) is 13.6. The summed E-state index contributed by atoms with van der Waals surface area (Å²) in [6, 6.07) is 11.2. The molecule has 5 nitrogen and oxygen atoms in total. The number of nitrogens with one attached hydrogen (secondary N) is 1. The molecule has 0 unspecified atom stereocenters. The molecule has 2 amide bonds. The van der Waals surface area contributed by atoms with E-state index in [4.69, 9.17) is 4.74 Å². The van der Waals surface area contributed by atoms with Gasteiger partial charge in [0.15, 0.2) is 6.10 Å². The summed E-state index contributed by atoms with van der Waals surface area (Å²) < 4.78 is 5.70. The molecule has 0 saturated carbocycles. The van der Waals surface area contributed by atoms with Crippen molar-refractivity contribution in [3.05, 3.63) is 46.7 Å². The first kappa shape index (κ1) is 15.6. The fraction of sp³-hybridized carbons (Fsp3) is 0.294. The van der Waals surface area contributed by atoms with Crippen LogP contribution in [0.5, 0.6) is 5.75 Å². The number of amides is 2. The van der Waals surface area contributed by atoms with Crippen molar-refractivity contribution >= 4 is 28.8 Å². The maximum atomic E-state index is 12.5. The molecule has 0 spiro atoms. The predicted octanol–water partition coefficient (Wildman–Crippen LogP) is 2.57. The second-order valence-corrected chi connectivity index (χ2v) is 6.30. The number of carbonyl (C=O) groups is 2. The van der Waals surface area contributed by atoms with Gasteiger partial charge in [0, 0.05) is 4.88 Å². The van der Waals surface area contributed by atoms with Crippen LogP contribution in [-0.4, -0.2) is 24.5 Å². The van der Waals surface area contributed by atoms with Crippen molar-refractivity contribution in [2.45, 2.75) is 26.0 Å². The summed E-state index contributed by atoms with van der Waals surface area (Å²) >= 11 is 1.59. The number of carbonyl (C=O) groups excluding carboxylic acids is 2. The second kappa shape index (κ2) is 6.83. The van der Waals surface area contributed by atoms with Crippen molar-refractivity contribution in [1.29, 1.82) is 0 Å². The highest BCUT2D eigenvalue weighted by Gasteiger charge is 2.34. The molecule has 120 valence electrons.